The standard InChI is InChI=1S/C10H11NO4/c1-6(12)14-8-3-4-9(11)10(5-8)15-7(2)13/h3-5H,11H2,1-2H3. The van der Waals surface area contributed by atoms with Gasteiger partial charge in [-0.25, -0.2) is 0 Å². The lowest BCUT2D eigenvalue weighted by Crippen LogP contribution is -2.06. The summed E-state index contributed by atoms with van der Waals surface area (Å²) in [5.74, 6) is -0.468. The molecular formula is C10H11NO4. The molecule has 0 fully saturated rings. The van der Waals surface area contributed by atoms with Crippen molar-refractivity contribution < 1.29 is 19.1 Å². The van der Waals surface area contributed by atoms with Gasteiger partial charge in [0.2, 0.25) is 0 Å². The molecule has 0 aliphatic carbocycles. The third kappa shape index (κ3) is 3.30. The van der Waals surface area contributed by atoms with E-state index in [1.54, 1.807) is 0 Å². The minimum Gasteiger partial charge on any atom is -0.427 e. The second-order valence-corrected chi connectivity index (χ2v) is 2.89. The lowest BCUT2D eigenvalue weighted by molar-refractivity contribution is -0.132. The Labute approximate surface area is 86.8 Å². The minimum absolute atomic E-state index is 0.182. The molecule has 80 valence electrons. The summed E-state index contributed by atoms with van der Waals surface area (Å²) in [5.41, 5.74) is 5.86. The number of hydrogen-bond donors (Lipinski definition) is 1. The zero-order valence-electron chi connectivity index (χ0n) is 8.44. The number of nitrogen functional groups attached to an aromatic ring is 1. The zero-order valence-corrected chi connectivity index (χ0v) is 8.44. The highest BCUT2D eigenvalue weighted by molar-refractivity contribution is 5.74. The SMILES string of the molecule is CC(=O)Oc1ccc(N)c(OC(C)=O)c1. The Bertz CT molecular complexity index is 400. The fourth-order valence-electron chi connectivity index (χ4n) is 0.987. The molecule has 0 radical (unpaired) electrons. The normalized spacial score (nSPS) is 9.47. The number of anilines is 1. The van der Waals surface area contributed by atoms with Gasteiger partial charge < -0.3 is 15.2 Å². The van der Waals surface area contributed by atoms with Crippen LogP contribution in [0, 0.1) is 0 Å². The number of carbonyl (C=O) groups is 2. The smallest absolute Gasteiger partial charge is 0.308 e. The fraction of sp³-hybridized carbons (Fsp3) is 0.200. The van der Waals surface area contributed by atoms with Gasteiger partial charge in [0.05, 0.1) is 5.69 Å². The first-order valence-corrected chi connectivity index (χ1v) is 4.25. The molecule has 1 aromatic rings. The van der Waals surface area contributed by atoms with E-state index in [9.17, 15) is 9.59 Å². The molecule has 0 heterocycles. The Morgan fingerprint density at radius 3 is 2.27 bits per heavy atom. The van der Waals surface area contributed by atoms with Crippen LogP contribution in [0.15, 0.2) is 18.2 Å². The van der Waals surface area contributed by atoms with Crippen LogP contribution in [-0.2, 0) is 9.59 Å². The van der Waals surface area contributed by atoms with Crippen LogP contribution in [0.25, 0.3) is 0 Å². The van der Waals surface area contributed by atoms with Gasteiger partial charge >= 0.3 is 11.9 Å². The monoisotopic (exact) mass is 209 g/mol. The molecule has 0 aromatic heterocycles. The van der Waals surface area contributed by atoms with Gasteiger partial charge in [-0.3, -0.25) is 9.59 Å². The molecule has 5 heteroatoms. The largest absolute Gasteiger partial charge is 0.427 e. The molecule has 2 N–H and O–H groups in total. The molecule has 0 saturated carbocycles. The molecule has 0 amide bonds. The highest BCUT2D eigenvalue weighted by Crippen LogP contribution is 2.27. The molecule has 0 aliphatic rings. The maximum Gasteiger partial charge on any atom is 0.308 e. The van der Waals surface area contributed by atoms with E-state index in [2.05, 4.69) is 0 Å². The van der Waals surface area contributed by atoms with Crippen LogP contribution in [0.1, 0.15) is 13.8 Å². The predicted molar refractivity (Wildman–Crippen MR) is 53.5 cm³/mol. The Morgan fingerprint density at radius 1 is 1.13 bits per heavy atom. The van der Waals surface area contributed by atoms with Crippen molar-refractivity contribution in [1.29, 1.82) is 0 Å². The molecule has 0 saturated heterocycles. The lowest BCUT2D eigenvalue weighted by Gasteiger charge is -2.07. The minimum atomic E-state index is -0.485. The summed E-state index contributed by atoms with van der Waals surface area (Å²) in [4.78, 5) is 21.4. The summed E-state index contributed by atoms with van der Waals surface area (Å²) in [6.07, 6.45) is 0. The van der Waals surface area contributed by atoms with Crippen molar-refractivity contribution in [3.05, 3.63) is 18.2 Å². The summed E-state index contributed by atoms with van der Waals surface area (Å²) >= 11 is 0. The van der Waals surface area contributed by atoms with Crippen LogP contribution >= 0.6 is 0 Å². The molecular weight excluding hydrogens is 198 g/mol. The van der Waals surface area contributed by atoms with Crippen molar-refractivity contribution in [2.45, 2.75) is 13.8 Å². The highest BCUT2D eigenvalue weighted by atomic mass is 16.5. The van der Waals surface area contributed by atoms with Crippen molar-refractivity contribution >= 4 is 17.6 Å². The Kier molecular flexibility index (Phi) is 3.28. The van der Waals surface area contributed by atoms with Gasteiger partial charge in [-0.15, -0.1) is 0 Å². The molecule has 0 spiro atoms. The number of hydrogen-bond acceptors (Lipinski definition) is 5. The van der Waals surface area contributed by atoms with Crippen LogP contribution in [0.2, 0.25) is 0 Å². The first-order valence-electron chi connectivity index (χ1n) is 4.25. The average Bonchev–Trinajstić information content (AvgIpc) is 2.09. The van der Waals surface area contributed by atoms with Crippen LogP contribution < -0.4 is 15.2 Å². The second-order valence-electron chi connectivity index (χ2n) is 2.89. The quantitative estimate of drug-likeness (QED) is 0.448. The second kappa shape index (κ2) is 4.45. The molecule has 15 heavy (non-hydrogen) atoms. The summed E-state index contributed by atoms with van der Waals surface area (Å²) in [6, 6.07) is 4.40. The Balaban J connectivity index is 2.94. The number of carbonyl (C=O) groups excluding carboxylic acids is 2. The topological polar surface area (TPSA) is 78.6 Å². The first-order chi connectivity index (χ1) is 6.99. The fourth-order valence-corrected chi connectivity index (χ4v) is 0.987. The van der Waals surface area contributed by atoms with Gasteiger partial charge in [0, 0.05) is 19.9 Å². The number of benzene rings is 1. The summed E-state index contributed by atoms with van der Waals surface area (Å²) in [5, 5.41) is 0. The van der Waals surface area contributed by atoms with E-state index in [0.29, 0.717) is 5.69 Å². The predicted octanol–water partition coefficient (Wildman–Crippen LogP) is 1.12. The van der Waals surface area contributed by atoms with Crippen LogP contribution in [0.5, 0.6) is 11.5 Å². The van der Waals surface area contributed by atoms with Crippen molar-refractivity contribution in [3.8, 4) is 11.5 Å². The van der Waals surface area contributed by atoms with E-state index in [-0.39, 0.29) is 11.5 Å². The van der Waals surface area contributed by atoms with E-state index in [1.165, 1.54) is 32.0 Å². The van der Waals surface area contributed by atoms with Crippen molar-refractivity contribution in [3.63, 3.8) is 0 Å². The van der Waals surface area contributed by atoms with Crippen molar-refractivity contribution in [2.24, 2.45) is 0 Å². The van der Waals surface area contributed by atoms with Crippen LogP contribution in [0.3, 0.4) is 0 Å². The van der Waals surface area contributed by atoms with Gasteiger partial charge in [-0.1, -0.05) is 0 Å². The zero-order chi connectivity index (χ0) is 11.4. The van der Waals surface area contributed by atoms with E-state index in [4.69, 9.17) is 15.2 Å². The third-order valence-corrected chi connectivity index (χ3v) is 1.50. The summed E-state index contributed by atoms with van der Waals surface area (Å²) < 4.78 is 9.62. The highest BCUT2D eigenvalue weighted by Gasteiger charge is 2.06. The Morgan fingerprint density at radius 2 is 1.73 bits per heavy atom. The van der Waals surface area contributed by atoms with E-state index in [0.717, 1.165) is 0 Å². The molecule has 0 bridgehead atoms. The molecule has 1 rings (SSSR count). The van der Waals surface area contributed by atoms with E-state index in [1.807, 2.05) is 0 Å². The van der Waals surface area contributed by atoms with Crippen LogP contribution in [0.4, 0.5) is 5.69 Å². The number of rotatable bonds is 2. The summed E-state index contributed by atoms with van der Waals surface area (Å²) in [7, 11) is 0. The lowest BCUT2D eigenvalue weighted by atomic mass is 10.3. The number of esters is 2. The van der Waals surface area contributed by atoms with Gasteiger partial charge in [-0.05, 0) is 12.1 Å². The van der Waals surface area contributed by atoms with E-state index < -0.39 is 11.9 Å². The third-order valence-electron chi connectivity index (χ3n) is 1.50. The molecule has 5 nitrogen and oxygen atoms in total. The van der Waals surface area contributed by atoms with Gasteiger partial charge in [0.25, 0.3) is 0 Å². The van der Waals surface area contributed by atoms with Crippen molar-refractivity contribution in [2.75, 3.05) is 5.73 Å². The number of nitrogens with two attached hydrogens (primary N) is 1. The molecule has 1 aromatic carbocycles. The molecule has 0 atom stereocenters. The average molecular weight is 209 g/mol. The maximum absolute atomic E-state index is 10.7. The van der Waals surface area contributed by atoms with E-state index >= 15 is 0 Å². The first kappa shape index (κ1) is 11.0. The maximum atomic E-state index is 10.7. The van der Waals surface area contributed by atoms with Crippen molar-refractivity contribution in [1.82, 2.24) is 0 Å². The van der Waals surface area contributed by atoms with Gasteiger partial charge in [-0.2, -0.15) is 0 Å². The van der Waals surface area contributed by atoms with Gasteiger partial charge in [0.1, 0.15) is 5.75 Å². The Hall–Kier alpha value is -2.04. The molecule has 0 unspecified atom stereocenters. The number of ether oxygens (including phenoxy) is 2. The van der Waals surface area contributed by atoms with Gasteiger partial charge in [0.15, 0.2) is 5.75 Å². The summed E-state index contributed by atoms with van der Waals surface area (Å²) in [6.45, 7) is 2.54. The molecule has 0 aliphatic heterocycles. The van der Waals surface area contributed by atoms with Crippen LogP contribution in [-0.4, -0.2) is 11.9 Å².